The van der Waals surface area contributed by atoms with E-state index >= 15 is 0 Å². The summed E-state index contributed by atoms with van der Waals surface area (Å²) in [6.07, 6.45) is 4.42. The first-order chi connectivity index (χ1) is 11.1. The van der Waals surface area contributed by atoms with Gasteiger partial charge in [-0.25, -0.2) is 4.68 Å². The third kappa shape index (κ3) is 3.08. The number of pyridine rings is 1. The fourth-order valence-electron chi connectivity index (χ4n) is 2.74. The minimum Gasteiger partial charge on any atom is -0.350 e. The molecule has 120 valence electrons. The number of aromatic nitrogens is 3. The number of carbonyl (C=O) groups excluding carboxylic acids is 1. The second-order valence-electron chi connectivity index (χ2n) is 5.63. The summed E-state index contributed by atoms with van der Waals surface area (Å²) in [4.78, 5) is 35.9. The Morgan fingerprint density at radius 3 is 3.00 bits per heavy atom. The van der Waals surface area contributed by atoms with Crippen LogP contribution < -0.4 is 16.4 Å². The van der Waals surface area contributed by atoms with Crippen molar-refractivity contribution in [1.29, 1.82) is 0 Å². The van der Waals surface area contributed by atoms with Crippen LogP contribution in [0.1, 0.15) is 28.0 Å². The highest BCUT2D eigenvalue weighted by Gasteiger charge is 2.15. The van der Waals surface area contributed by atoms with Crippen LogP contribution >= 0.6 is 0 Å². The molecule has 2 aromatic rings. The first kappa shape index (κ1) is 15.2. The molecule has 0 bridgehead atoms. The molecule has 0 aliphatic heterocycles. The molecule has 0 aromatic carbocycles. The molecule has 0 saturated carbocycles. The lowest BCUT2D eigenvalue weighted by Gasteiger charge is -2.08. The van der Waals surface area contributed by atoms with Gasteiger partial charge in [-0.2, -0.15) is 5.10 Å². The molecule has 23 heavy (non-hydrogen) atoms. The van der Waals surface area contributed by atoms with E-state index in [9.17, 15) is 14.4 Å². The summed E-state index contributed by atoms with van der Waals surface area (Å²) in [6, 6.07) is 4.75. The molecule has 1 aliphatic carbocycles. The molecular weight excluding hydrogens is 296 g/mol. The summed E-state index contributed by atoms with van der Waals surface area (Å²) in [5.41, 5.74) is 1.58. The molecular formula is C16H18N4O3. The molecule has 2 heterocycles. The van der Waals surface area contributed by atoms with Gasteiger partial charge in [0.15, 0.2) is 0 Å². The largest absolute Gasteiger partial charge is 0.350 e. The molecule has 1 N–H and O–H groups in total. The highest BCUT2D eigenvalue weighted by atomic mass is 16.2. The zero-order chi connectivity index (χ0) is 16.4. The van der Waals surface area contributed by atoms with Crippen LogP contribution in [0.25, 0.3) is 0 Å². The van der Waals surface area contributed by atoms with Gasteiger partial charge >= 0.3 is 0 Å². The molecule has 0 fully saturated rings. The van der Waals surface area contributed by atoms with Crippen molar-refractivity contribution < 1.29 is 4.79 Å². The van der Waals surface area contributed by atoms with Gasteiger partial charge in [-0.05, 0) is 37.0 Å². The van der Waals surface area contributed by atoms with E-state index < -0.39 is 5.91 Å². The van der Waals surface area contributed by atoms with Gasteiger partial charge in [0.25, 0.3) is 17.0 Å². The fraction of sp³-hybridized carbons (Fsp3) is 0.375. The van der Waals surface area contributed by atoms with Crippen LogP contribution in [0.5, 0.6) is 0 Å². The Hall–Kier alpha value is -2.70. The second-order valence-corrected chi connectivity index (χ2v) is 5.63. The van der Waals surface area contributed by atoms with Crippen molar-refractivity contribution >= 4 is 5.91 Å². The van der Waals surface area contributed by atoms with E-state index in [2.05, 4.69) is 10.4 Å². The maximum absolute atomic E-state index is 12.0. The molecule has 1 amide bonds. The van der Waals surface area contributed by atoms with E-state index in [1.807, 2.05) is 0 Å². The number of nitrogens with zero attached hydrogens (tertiary/aromatic N) is 3. The van der Waals surface area contributed by atoms with Gasteiger partial charge in [-0.1, -0.05) is 0 Å². The van der Waals surface area contributed by atoms with E-state index in [1.54, 1.807) is 25.4 Å². The first-order valence-corrected chi connectivity index (χ1v) is 7.60. The number of carbonyl (C=O) groups is 1. The summed E-state index contributed by atoms with van der Waals surface area (Å²) in [5, 5.41) is 7.00. The maximum atomic E-state index is 12.0. The Labute approximate surface area is 132 Å². The van der Waals surface area contributed by atoms with E-state index in [4.69, 9.17) is 0 Å². The van der Waals surface area contributed by atoms with Crippen molar-refractivity contribution in [3.63, 3.8) is 0 Å². The molecule has 0 radical (unpaired) electrons. The first-order valence-electron chi connectivity index (χ1n) is 7.60. The van der Waals surface area contributed by atoms with Crippen molar-refractivity contribution in [3.05, 3.63) is 61.9 Å². The van der Waals surface area contributed by atoms with Crippen LogP contribution in [-0.4, -0.2) is 26.8 Å². The fourth-order valence-corrected chi connectivity index (χ4v) is 2.74. The number of hydrogen-bond acceptors (Lipinski definition) is 4. The van der Waals surface area contributed by atoms with Gasteiger partial charge in [0, 0.05) is 25.9 Å². The Balaban J connectivity index is 1.66. The van der Waals surface area contributed by atoms with Gasteiger partial charge < -0.3 is 9.88 Å². The summed E-state index contributed by atoms with van der Waals surface area (Å²) in [5.74, 6) is -0.444. The predicted molar refractivity (Wildman–Crippen MR) is 84.5 cm³/mol. The van der Waals surface area contributed by atoms with Crippen molar-refractivity contribution in [2.45, 2.75) is 25.8 Å². The molecule has 3 rings (SSSR count). The van der Waals surface area contributed by atoms with Crippen molar-refractivity contribution in [2.75, 3.05) is 6.54 Å². The van der Waals surface area contributed by atoms with Crippen LogP contribution in [0.4, 0.5) is 0 Å². The summed E-state index contributed by atoms with van der Waals surface area (Å²) in [6.45, 7) is 0.521. The molecule has 0 unspecified atom stereocenters. The smallest absolute Gasteiger partial charge is 0.267 e. The Bertz CT molecular complexity index is 866. The normalized spacial score (nSPS) is 12.9. The predicted octanol–water partition coefficient (Wildman–Crippen LogP) is -0.139. The van der Waals surface area contributed by atoms with Gasteiger partial charge in [-0.15, -0.1) is 0 Å². The number of rotatable bonds is 4. The third-order valence-electron chi connectivity index (χ3n) is 4.00. The SMILES string of the molecule is Cn1cccc(C(=O)NCCn2nc3c(cc2=O)CCC3)c1=O. The van der Waals surface area contributed by atoms with Gasteiger partial charge in [0.05, 0.1) is 12.2 Å². The quantitative estimate of drug-likeness (QED) is 0.851. The van der Waals surface area contributed by atoms with E-state index in [1.165, 1.54) is 15.3 Å². The third-order valence-corrected chi connectivity index (χ3v) is 4.00. The highest BCUT2D eigenvalue weighted by Crippen LogP contribution is 2.16. The number of nitrogens with one attached hydrogen (secondary N) is 1. The van der Waals surface area contributed by atoms with Crippen molar-refractivity contribution in [3.8, 4) is 0 Å². The molecule has 0 spiro atoms. The van der Waals surface area contributed by atoms with Crippen LogP contribution in [0.2, 0.25) is 0 Å². The molecule has 0 atom stereocenters. The lowest BCUT2D eigenvalue weighted by Crippen LogP contribution is -2.35. The Morgan fingerprint density at radius 2 is 2.17 bits per heavy atom. The Morgan fingerprint density at radius 1 is 1.35 bits per heavy atom. The lowest BCUT2D eigenvalue weighted by atomic mass is 10.2. The average molecular weight is 314 g/mol. The molecule has 7 nitrogen and oxygen atoms in total. The number of amides is 1. The summed E-state index contributed by atoms with van der Waals surface area (Å²) < 4.78 is 2.72. The topological polar surface area (TPSA) is 86.0 Å². The summed E-state index contributed by atoms with van der Waals surface area (Å²) in [7, 11) is 1.59. The monoisotopic (exact) mass is 314 g/mol. The molecule has 2 aromatic heterocycles. The number of hydrogen-bond donors (Lipinski definition) is 1. The zero-order valence-electron chi connectivity index (χ0n) is 12.9. The Kier molecular flexibility index (Phi) is 4.10. The van der Waals surface area contributed by atoms with E-state index in [0.717, 1.165) is 30.5 Å². The van der Waals surface area contributed by atoms with E-state index in [0.29, 0.717) is 0 Å². The zero-order valence-corrected chi connectivity index (χ0v) is 12.9. The van der Waals surface area contributed by atoms with E-state index in [-0.39, 0.29) is 29.8 Å². The minimum atomic E-state index is -0.444. The molecule has 0 saturated heterocycles. The van der Waals surface area contributed by atoms with Crippen LogP contribution in [0, 0.1) is 0 Å². The number of aryl methyl sites for hydroxylation is 3. The average Bonchev–Trinajstić information content (AvgIpc) is 2.97. The maximum Gasteiger partial charge on any atom is 0.267 e. The van der Waals surface area contributed by atoms with Gasteiger partial charge in [0.2, 0.25) is 0 Å². The summed E-state index contributed by atoms with van der Waals surface area (Å²) >= 11 is 0. The lowest BCUT2D eigenvalue weighted by molar-refractivity contribution is 0.0949. The standard InChI is InChI=1S/C16H18N4O3/c1-19-8-3-5-12(16(19)23)15(22)17-7-9-20-14(21)10-11-4-2-6-13(11)18-20/h3,5,8,10H,2,4,6-7,9H2,1H3,(H,17,22). The van der Waals surface area contributed by atoms with Crippen LogP contribution in [0.15, 0.2) is 34.0 Å². The van der Waals surface area contributed by atoms with Gasteiger partial charge in [0.1, 0.15) is 5.56 Å². The van der Waals surface area contributed by atoms with Crippen molar-refractivity contribution in [2.24, 2.45) is 7.05 Å². The highest BCUT2D eigenvalue weighted by molar-refractivity contribution is 5.93. The van der Waals surface area contributed by atoms with Crippen LogP contribution in [0.3, 0.4) is 0 Å². The van der Waals surface area contributed by atoms with Crippen molar-refractivity contribution in [1.82, 2.24) is 19.7 Å². The minimum absolute atomic E-state index is 0.0873. The molecule has 1 aliphatic rings. The number of fused-ring (bicyclic) bond motifs is 1. The van der Waals surface area contributed by atoms with Crippen LogP contribution in [-0.2, 0) is 26.4 Å². The second kappa shape index (κ2) is 6.20. The van der Waals surface area contributed by atoms with Gasteiger partial charge in [-0.3, -0.25) is 14.4 Å². The molecule has 7 heteroatoms.